The van der Waals surface area contributed by atoms with E-state index >= 15 is 0 Å². The summed E-state index contributed by atoms with van der Waals surface area (Å²) in [7, 11) is 0. The Balaban J connectivity index is 1.27. The molecule has 1 aliphatic heterocycles. The van der Waals surface area contributed by atoms with Crippen molar-refractivity contribution in [1.29, 1.82) is 5.26 Å². The number of anilines is 1. The number of nitrogens with zero attached hydrogens (tertiary/aromatic N) is 5. The number of benzene rings is 1. The molecule has 0 saturated carbocycles. The molecule has 5 nitrogen and oxygen atoms in total. The van der Waals surface area contributed by atoms with Crippen molar-refractivity contribution in [2.24, 2.45) is 0 Å². The molecule has 0 saturated heterocycles. The van der Waals surface area contributed by atoms with Crippen molar-refractivity contribution in [1.82, 2.24) is 14.8 Å². The minimum atomic E-state index is 0.867. The molecule has 5 rings (SSSR count). The number of rotatable bonds is 4. The zero-order valence-electron chi connectivity index (χ0n) is 16.1. The second kappa shape index (κ2) is 7.69. The van der Waals surface area contributed by atoms with Crippen molar-refractivity contribution >= 4 is 16.5 Å². The molecule has 29 heavy (non-hydrogen) atoms. The van der Waals surface area contributed by atoms with Crippen LogP contribution in [0.5, 0.6) is 0 Å². The van der Waals surface area contributed by atoms with Gasteiger partial charge in [-0.1, -0.05) is 17.7 Å². The Morgan fingerprint density at radius 3 is 2.83 bits per heavy atom. The summed E-state index contributed by atoms with van der Waals surface area (Å²) in [5.41, 5.74) is 6.09. The van der Waals surface area contributed by atoms with Gasteiger partial charge in [0.05, 0.1) is 11.8 Å². The van der Waals surface area contributed by atoms with Crippen LogP contribution in [0.25, 0.3) is 5.69 Å². The highest BCUT2D eigenvalue weighted by Gasteiger charge is 2.23. The van der Waals surface area contributed by atoms with Crippen LogP contribution in [0.1, 0.15) is 29.7 Å². The molecule has 0 radical (unpaired) electrons. The maximum atomic E-state index is 9.21. The highest BCUT2D eigenvalue weighted by Crippen LogP contribution is 2.33. The summed E-state index contributed by atoms with van der Waals surface area (Å²) >= 11 is 1.77. The van der Waals surface area contributed by atoms with Gasteiger partial charge >= 0.3 is 0 Å². The molecule has 0 atom stereocenters. The van der Waals surface area contributed by atoms with E-state index in [-0.39, 0.29) is 0 Å². The molecule has 0 amide bonds. The summed E-state index contributed by atoms with van der Waals surface area (Å²) < 4.78 is 1.87. The number of thiazole rings is 1. The first-order valence-corrected chi connectivity index (χ1v) is 10.7. The standard InChI is InChI=1S/C23H21N5S/c24-14-18-2-5-19-8-11-27(16-20(19)12-18)23-25-15-22(29-23)13-17-3-6-21(7-4-17)28-10-1-9-26-28/h1,3-4,6-7,9-10,12,15H,2,5,8,11,13,16H2. The van der Waals surface area contributed by atoms with Crippen LogP contribution < -0.4 is 4.90 Å². The van der Waals surface area contributed by atoms with Crippen LogP contribution in [0.2, 0.25) is 0 Å². The fourth-order valence-electron chi connectivity index (χ4n) is 3.99. The summed E-state index contributed by atoms with van der Waals surface area (Å²) in [6, 6.07) is 12.8. The van der Waals surface area contributed by atoms with Crippen LogP contribution in [0.15, 0.2) is 71.7 Å². The van der Waals surface area contributed by atoms with E-state index < -0.39 is 0 Å². The van der Waals surface area contributed by atoms with Gasteiger partial charge in [0.15, 0.2) is 5.13 Å². The normalized spacial score (nSPS) is 16.4. The average Bonchev–Trinajstić information content (AvgIpc) is 3.46. The summed E-state index contributed by atoms with van der Waals surface area (Å²) in [5.74, 6) is 0. The first-order valence-electron chi connectivity index (χ1n) is 9.89. The van der Waals surface area contributed by atoms with E-state index in [4.69, 9.17) is 4.98 Å². The average molecular weight is 400 g/mol. The monoisotopic (exact) mass is 399 g/mol. The van der Waals surface area contributed by atoms with Gasteiger partial charge in [0.1, 0.15) is 0 Å². The van der Waals surface area contributed by atoms with Gasteiger partial charge in [0.2, 0.25) is 0 Å². The first-order chi connectivity index (χ1) is 14.3. The predicted octanol–water partition coefficient (Wildman–Crippen LogP) is 4.67. The van der Waals surface area contributed by atoms with Crippen LogP contribution in [-0.4, -0.2) is 27.9 Å². The zero-order valence-corrected chi connectivity index (χ0v) is 16.9. The molecule has 0 bridgehead atoms. The fourth-order valence-corrected chi connectivity index (χ4v) is 4.96. The molecule has 0 fully saturated rings. The van der Waals surface area contributed by atoms with E-state index in [2.05, 4.69) is 46.4 Å². The van der Waals surface area contributed by atoms with Crippen LogP contribution in [0.4, 0.5) is 5.13 Å². The lowest BCUT2D eigenvalue weighted by Crippen LogP contribution is -2.32. The SMILES string of the molecule is N#CC1=CC2=C(CC1)CCN(c1ncc(Cc3ccc(-n4cccn4)cc3)s1)C2. The first kappa shape index (κ1) is 17.9. The molecule has 144 valence electrons. The van der Waals surface area contributed by atoms with Gasteiger partial charge in [-0.05, 0) is 54.7 Å². The van der Waals surface area contributed by atoms with Crippen molar-refractivity contribution < 1.29 is 0 Å². The van der Waals surface area contributed by atoms with Gasteiger partial charge in [-0.2, -0.15) is 10.4 Å². The van der Waals surface area contributed by atoms with Crippen molar-refractivity contribution in [2.45, 2.75) is 25.7 Å². The molecule has 0 unspecified atom stereocenters. The van der Waals surface area contributed by atoms with Crippen molar-refractivity contribution in [2.75, 3.05) is 18.0 Å². The summed E-state index contributed by atoms with van der Waals surface area (Å²) in [5, 5.41) is 14.6. The largest absolute Gasteiger partial charge is 0.343 e. The number of aromatic nitrogens is 3. The third-order valence-electron chi connectivity index (χ3n) is 5.58. The van der Waals surface area contributed by atoms with Gasteiger partial charge in [-0.3, -0.25) is 0 Å². The maximum Gasteiger partial charge on any atom is 0.185 e. The van der Waals surface area contributed by atoms with Crippen LogP contribution >= 0.6 is 11.3 Å². The van der Waals surface area contributed by atoms with Gasteiger partial charge in [0, 0.05) is 48.6 Å². The second-order valence-electron chi connectivity index (χ2n) is 7.48. The number of nitriles is 1. The predicted molar refractivity (Wildman–Crippen MR) is 115 cm³/mol. The molecule has 1 aliphatic carbocycles. The van der Waals surface area contributed by atoms with Crippen molar-refractivity contribution in [3.8, 4) is 11.8 Å². The Kier molecular flexibility index (Phi) is 4.74. The zero-order chi connectivity index (χ0) is 19.6. The molecular weight excluding hydrogens is 378 g/mol. The third kappa shape index (κ3) is 3.74. The van der Waals surface area contributed by atoms with Gasteiger partial charge in [0.25, 0.3) is 0 Å². The molecule has 3 aromatic rings. The molecule has 0 N–H and O–H groups in total. The highest BCUT2D eigenvalue weighted by molar-refractivity contribution is 7.15. The Bertz CT molecular complexity index is 1110. The van der Waals surface area contributed by atoms with Crippen LogP contribution in [0, 0.1) is 11.3 Å². The van der Waals surface area contributed by atoms with Gasteiger partial charge < -0.3 is 4.90 Å². The molecule has 6 heteroatoms. The lowest BCUT2D eigenvalue weighted by atomic mass is 9.88. The third-order valence-corrected chi connectivity index (χ3v) is 6.64. The Hall–Kier alpha value is -3.17. The minimum Gasteiger partial charge on any atom is -0.343 e. The minimum absolute atomic E-state index is 0.867. The van der Waals surface area contributed by atoms with Crippen LogP contribution in [0.3, 0.4) is 0 Å². The number of hydrogen-bond acceptors (Lipinski definition) is 5. The van der Waals surface area contributed by atoms with E-state index in [1.54, 1.807) is 17.5 Å². The summed E-state index contributed by atoms with van der Waals surface area (Å²) in [4.78, 5) is 8.31. The number of hydrogen-bond donors (Lipinski definition) is 0. The molecule has 2 aromatic heterocycles. The Morgan fingerprint density at radius 2 is 2.03 bits per heavy atom. The molecule has 0 spiro atoms. The molecule has 3 heterocycles. The Morgan fingerprint density at radius 1 is 1.14 bits per heavy atom. The Labute approximate surface area is 174 Å². The quantitative estimate of drug-likeness (QED) is 0.640. The van der Waals surface area contributed by atoms with E-state index in [1.807, 2.05) is 23.1 Å². The lowest BCUT2D eigenvalue weighted by Gasteiger charge is -2.31. The topological polar surface area (TPSA) is 57.7 Å². The maximum absolute atomic E-state index is 9.21. The smallest absolute Gasteiger partial charge is 0.185 e. The number of allylic oxidation sites excluding steroid dienone is 1. The summed E-state index contributed by atoms with van der Waals surface area (Å²) in [6.45, 7) is 1.88. The van der Waals surface area contributed by atoms with E-state index in [0.29, 0.717) is 0 Å². The molecule has 1 aromatic carbocycles. The molecule has 2 aliphatic rings. The van der Waals surface area contributed by atoms with Crippen molar-refractivity contribution in [3.05, 3.63) is 82.2 Å². The second-order valence-corrected chi connectivity index (χ2v) is 8.58. The van der Waals surface area contributed by atoms with E-state index in [1.165, 1.54) is 21.6 Å². The van der Waals surface area contributed by atoms with E-state index in [0.717, 1.165) is 55.2 Å². The van der Waals surface area contributed by atoms with Gasteiger partial charge in [-0.15, -0.1) is 11.3 Å². The molecular formula is C23H21N5S. The lowest BCUT2D eigenvalue weighted by molar-refractivity contribution is 0.714. The van der Waals surface area contributed by atoms with E-state index in [9.17, 15) is 5.26 Å². The summed E-state index contributed by atoms with van der Waals surface area (Å²) in [6.07, 6.45) is 11.7. The highest BCUT2D eigenvalue weighted by atomic mass is 32.1. The van der Waals surface area contributed by atoms with Crippen LogP contribution in [-0.2, 0) is 6.42 Å². The fraction of sp³-hybridized carbons (Fsp3) is 0.261. The van der Waals surface area contributed by atoms with Crippen molar-refractivity contribution in [3.63, 3.8) is 0 Å². The van der Waals surface area contributed by atoms with Gasteiger partial charge in [-0.25, -0.2) is 9.67 Å².